The van der Waals surface area contributed by atoms with Crippen molar-refractivity contribution >= 4 is 34.2 Å². The fraction of sp³-hybridized carbons (Fsp3) is 0.292. The van der Waals surface area contributed by atoms with Crippen molar-refractivity contribution in [3.63, 3.8) is 0 Å². The molecule has 37 heavy (non-hydrogen) atoms. The molecule has 1 fully saturated rings. The minimum Gasteiger partial charge on any atom is -0.357 e. The second kappa shape index (κ2) is 10.2. The highest BCUT2D eigenvalue weighted by Gasteiger charge is 2.31. The van der Waals surface area contributed by atoms with E-state index in [2.05, 4.69) is 25.3 Å². The lowest BCUT2D eigenvalue weighted by Crippen LogP contribution is -2.51. The molecule has 1 saturated heterocycles. The Bertz CT molecular complexity index is 1460. The van der Waals surface area contributed by atoms with Crippen LogP contribution in [0, 0.1) is 5.82 Å². The van der Waals surface area contributed by atoms with Crippen molar-refractivity contribution in [3.05, 3.63) is 60.1 Å². The van der Waals surface area contributed by atoms with E-state index in [9.17, 15) is 18.8 Å². The number of amides is 1. The van der Waals surface area contributed by atoms with Crippen LogP contribution in [-0.4, -0.2) is 85.0 Å². The fourth-order valence-electron chi connectivity index (χ4n) is 4.41. The van der Waals surface area contributed by atoms with Crippen LogP contribution in [0.5, 0.6) is 0 Å². The molecule has 0 unspecified atom stereocenters. The van der Waals surface area contributed by atoms with E-state index in [-0.39, 0.29) is 41.2 Å². The molecule has 1 aliphatic heterocycles. The van der Waals surface area contributed by atoms with Crippen molar-refractivity contribution in [1.82, 2.24) is 34.8 Å². The van der Waals surface area contributed by atoms with E-state index in [0.29, 0.717) is 43.9 Å². The molecule has 0 saturated carbocycles. The number of ketones is 2. The summed E-state index contributed by atoms with van der Waals surface area (Å²) in [7, 11) is 0. The number of carbonyl (C=O) groups excluding carboxylic acids is 3. The quantitative estimate of drug-likeness (QED) is 0.265. The van der Waals surface area contributed by atoms with Crippen molar-refractivity contribution in [3.8, 4) is 5.82 Å². The van der Waals surface area contributed by atoms with E-state index in [0.717, 1.165) is 6.20 Å². The van der Waals surface area contributed by atoms with E-state index in [1.165, 1.54) is 28.2 Å². The van der Waals surface area contributed by atoms with Crippen LogP contribution in [0.3, 0.4) is 0 Å². The minimum atomic E-state index is -0.829. The fourth-order valence-corrected chi connectivity index (χ4v) is 4.41. The summed E-state index contributed by atoms with van der Waals surface area (Å²) in [5.41, 5.74) is 6.19. The number of pyridine rings is 2. The van der Waals surface area contributed by atoms with Crippen molar-refractivity contribution in [2.24, 2.45) is 5.73 Å². The zero-order valence-corrected chi connectivity index (χ0v) is 19.8. The summed E-state index contributed by atoms with van der Waals surface area (Å²) < 4.78 is 16.1. The molecule has 190 valence electrons. The zero-order valence-electron chi connectivity index (χ0n) is 19.8. The predicted molar refractivity (Wildman–Crippen MR) is 131 cm³/mol. The van der Waals surface area contributed by atoms with Crippen LogP contribution in [0.15, 0.2) is 43.1 Å². The molecular formula is C24H24FN9O3. The van der Waals surface area contributed by atoms with Crippen LogP contribution < -0.4 is 10.6 Å². The third kappa shape index (κ3) is 4.56. The van der Waals surface area contributed by atoms with Crippen molar-refractivity contribution in [2.45, 2.75) is 12.8 Å². The van der Waals surface area contributed by atoms with E-state index < -0.39 is 17.5 Å². The molecule has 5 heterocycles. The normalized spacial score (nSPS) is 13.8. The van der Waals surface area contributed by atoms with Crippen molar-refractivity contribution < 1.29 is 18.8 Å². The molecule has 13 heteroatoms. The smallest absolute Gasteiger partial charge is 0.295 e. The highest BCUT2D eigenvalue weighted by Crippen LogP contribution is 2.27. The van der Waals surface area contributed by atoms with Gasteiger partial charge < -0.3 is 20.5 Å². The number of nitrogens with zero attached hydrogens (tertiary/aromatic N) is 7. The number of fused-ring (bicyclic) bond motifs is 1. The molecule has 0 aliphatic carbocycles. The van der Waals surface area contributed by atoms with E-state index in [4.69, 9.17) is 5.73 Å². The third-order valence-corrected chi connectivity index (χ3v) is 6.28. The average Bonchev–Trinajstić information content (AvgIpc) is 3.63. The number of carbonyl (C=O) groups is 3. The van der Waals surface area contributed by atoms with Gasteiger partial charge in [-0.25, -0.2) is 19.0 Å². The largest absolute Gasteiger partial charge is 0.357 e. The molecule has 1 amide bonds. The number of H-pyrrole nitrogens is 1. The first-order valence-corrected chi connectivity index (χ1v) is 11.8. The minimum absolute atomic E-state index is 0.0356. The Balaban J connectivity index is 1.32. The summed E-state index contributed by atoms with van der Waals surface area (Å²) in [5.74, 6) is -1.54. The zero-order chi connectivity index (χ0) is 25.9. The summed E-state index contributed by atoms with van der Waals surface area (Å²) in [4.78, 5) is 53.5. The maximum absolute atomic E-state index is 14.7. The Morgan fingerprint density at radius 2 is 1.86 bits per heavy atom. The number of nitrogens with one attached hydrogen (secondary N) is 1. The van der Waals surface area contributed by atoms with Crippen LogP contribution in [0.2, 0.25) is 0 Å². The van der Waals surface area contributed by atoms with Gasteiger partial charge in [0, 0.05) is 45.0 Å². The van der Waals surface area contributed by atoms with Gasteiger partial charge in [-0.3, -0.25) is 14.4 Å². The number of Topliss-reactive ketones (excluding diaryl/α,β-unsaturated/α-hetero) is 2. The predicted octanol–water partition coefficient (Wildman–Crippen LogP) is 1.13. The van der Waals surface area contributed by atoms with Crippen LogP contribution in [0.25, 0.3) is 16.7 Å². The number of aromatic nitrogens is 6. The number of rotatable bonds is 8. The summed E-state index contributed by atoms with van der Waals surface area (Å²) in [6.07, 6.45) is 7.79. The highest BCUT2D eigenvalue weighted by molar-refractivity contribution is 6.45. The molecule has 0 spiro atoms. The van der Waals surface area contributed by atoms with E-state index in [1.54, 1.807) is 18.3 Å². The van der Waals surface area contributed by atoms with Gasteiger partial charge in [-0.15, -0.1) is 5.10 Å². The summed E-state index contributed by atoms with van der Waals surface area (Å²) in [6.45, 7) is 1.68. The Morgan fingerprint density at radius 1 is 1.05 bits per heavy atom. The number of hydrogen-bond donors (Lipinski definition) is 2. The standard InChI is InChI=1S/C24H24FN9O3/c25-17-14-29-23(34-8-7-30-31-34)20-19(17)16(13-28-20)21(36)24(37)33-11-9-32(10-12-33)22-15(3-2-6-27-22)18(35)4-1-5-26/h2-3,6-8,13-14,28H,1,4-5,9-12,26H2. The van der Waals surface area contributed by atoms with Gasteiger partial charge in [-0.1, -0.05) is 5.21 Å². The molecule has 0 bridgehead atoms. The SMILES string of the molecule is NCCCC(=O)c1cccnc1N1CCN(C(=O)C(=O)c2c[nH]c3c(-n4ccnn4)ncc(F)c23)CC1. The lowest BCUT2D eigenvalue weighted by atomic mass is 10.1. The van der Waals surface area contributed by atoms with E-state index in [1.807, 2.05) is 4.90 Å². The van der Waals surface area contributed by atoms with Crippen LogP contribution in [0.4, 0.5) is 10.2 Å². The molecule has 0 atom stereocenters. The lowest BCUT2D eigenvalue weighted by Gasteiger charge is -2.35. The van der Waals surface area contributed by atoms with E-state index >= 15 is 0 Å². The number of piperazine rings is 1. The molecule has 4 aromatic rings. The lowest BCUT2D eigenvalue weighted by molar-refractivity contribution is -0.126. The first-order chi connectivity index (χ1) is 18.0. The number of aromatic amines is 1. The topological polar surface area (TPSA) is 156 Å². The van der Waals surface area contributed by atoms with Gasteiger partial charge in [-0.2, -0.15) is 0 Å². The van der Waals surface area contributed by atoms with Gasteiger partial charge in [0.15, 0.2) is 17.4 Å². The monoisotopic (exact) mass is 505 g/mol. The van der Waals surface area contributed by atoms with Gasteiger partial charge in [0.25, 0.3) is 11.7 Å². The molecular weight excluding hydrogens is 481 g/mol. The summed E-state index contributed by atoms with van der Waals surface area (Å²) in [6, 6.07) is 3.44. The highest BCUT2D eigenvalue weighted by atomic mass is 19.1. The van der Waals surface area contributed by atoms with Gasteiger partial charge in [0.1, 0.15) is 5.82 Å². The van der Waals surface area contributed by atoms with Crippen LogP contribution in [0.1, 0.15) is 33.6 Å². The van der Waals surface area contributed by atoms with Gasteiger partial charge >= 0.3 is 0 Å². The van der Waals surface area contributed by atoms with Crippen LogP contribution >= 0.6 is 0 Å². The van der Waals surface area contributed by atoms with Gasteiger partial charge in [0.05, 0.1) is 40.6 Å². The molecule has 0 aromatic carbocycles. The second-order valence-electron chi connectivity index (χ2n) is 8.53. The van der Waals surface area contributed by atoms with Gasteiger partial charge in [-0.05, 0) is 25.1 Å². The van der Waals surface area contributed by atoms with Crippen molar-refractivity contribution in [2.75, 3.05) is 37.6 Å². The Labute approximate surface area is 210 Å². The number of halogens is 1. The Hall–Kier alpha value is -4.52. The molecule has 1 aliphatic rings. The molecule has 5 rings (SSSR count). The Kier molecular flexibility index (Phi) is 6.68. The first kappa shape index (κ1) is 24.2. The molecule has 3 N–H and O–H groups in total. The van der Waals surface area contributed by atoms with Crippen molar-refractivity contribution in [1.29, 1.82) is 0 Å². The second-order valence-corrected chi connectivity index (χ2v) is 8.53. The molecule has 4 aromatic heterocycles. The van der Waals surface area contributed by atoms with Gasteiger partial charge in [0.2, 0.25) is 0 Å². The number of hydrogen-bond acceptors (Lipinski definition) is 9. The molecule has 0 radical (unpaired) electrons. The maximum atomic E-state index is 14.7. The number of nitrogens with two attached hydrogens (primary N) is 1. The van der Waals surface area contributed by atoms with Crippen LogP contribution in [-0.2, 0) is 4.79 Å². The summed E-state index contributed by atoms with van der Waals surface area (Å²) in [5, 5.41) is 7.54. The third-order valence-electron chi connectivity index (χ3n) is 6.28. The first-order valence-electron chi connectivity index (χ1n) is 11.8. The molecule has 12 nitrogen and oxygen atoms in total. The number of anilines is 1. The maximum Gasteiger partial charge on any atom is 0.295 e. The Morgan fingerprint density at radius 3 is 2.59 bits per heavy atom. The average molecular weight is 506 g/mol. The summed E-state index contributed by atoms with van der Waals surface area (Å²) >= 11 is 0.